The lowest BCUT2D eigenvalue weighted by molar-refractivity contribution is 0.104. The normalized spacial score (nSPS) is 12.4. The predicted octanol–water partition coefficient (Wildman–Crippen LogP) is 3.39. The summed E-state index contributed by atoms with van der Waals surface area (Å²) in [7, 11) is 1.65. The van der Waals surface area contributed by atoms with Gasteiger partial charge in [0, 0.05) is 12.1 Å². The van der Waals surface area contributed by atoms with Crippen molar-refractivity contribution in [2.45, 2.75) is 6.42 Å². The van der Waals surface area contributed by atoms with Crippen LogP contribution in [0.1, 0.15) is 20.8 Å². The highest BCUT2D eigenvalue weighted by atomic mass is 32.1. The number of hydrogen-bond donors (Lipinski definition) is 2. The van der Waals surface area contributed by atoms with Crippen molar-refractivity contribution in [2.75, 3.05) is 37.9 Å². The maximum Gasteiger partial charge on any atom is 0.206 e. The van der Waals surface area contributed by atoms with Gasteiger partial charge in [-0.05, 0) is 42.3 Å². The average Bonchev–Trinajstić information content (AvgIpc) is 3.13. The van der Waals surface area contributed by atoms with E-state index in [1.54, 1.807) is 25.3 Å². The third-order valence-corrected chi connectivity index (χ3v) is 5.54. The van der Waals surface area contributed by atoms with Crippen LogP contribution in [0.2, 0.25) is 0 Å². The summed E-state index contributed by atoms with van der Waals surface area (Å²) in [6, 6.07) is 13.0. The summed E-state index contributed by atoms with van der Waals surface area (Å²) < 4.78 is 16.2. The number of benzene rings is 2. The minimum absolute atomic E-state index is 0.180. The van der Waals surface area contributed by atoms with E-state index in [1.807, 2.05) is 24.3 Å². The zero-order chi connectivity index (χ0) is 20.2. The van der Waals surface area contributed by atoms with E-state index in [0.29, 0.717) is 46.8 Å². The fourth-order valence-electron chi connectivity index (χ4n) is 2.99. The number of ether oxygens (including phenoxy) is 3. The Bertz CT molecular complexity index is 1020. The molecule has 3 aromatic rings. The molecule has 0 saturated carbocycles. The van der Waals surface area contributed by atoms with Crippen molar-refractivity contribution in [1.29, 1.82) is 0 Å². The molecule has 1 aromatic heterocycles. The second-order valence-electron chi connectivity index (χ2n) is 6.45. The highest BCUT2D eigenvalue weighted by Gasteiger charge is 2.20. The molecule has 0 saturated heterocycles. The fraction of sp³-hybridized carbons (Fsp3) is 0.238. The fourth-order valence-corrected chi connectivity index (χ4v) is 3.86. The van der Waals surface area contributed by atoms with Crippen molar-refractivity contribution < 1.29 is 19.0 Å². The minimum Gasteiger partial charge on any atom is -0.497 e. The van der Waals surface area contributed by atoms with Gasteiger partial charge in [0.15, 0.2) is 16.6 Å². The van der Waals surface area contributed by atoms with Gasteiger partial charge >= 0.3 is 0 Å². The lowest BCUT2D eigenvalue weighted by atomic mass is 10.1. The molecular formula is C21H21N3O4S. The smallest absolute Gasteiger partial charge is 0.206 e. The lowest BCUT2D eigenvalue weighted by Gasteiger charge is -2.18. The number of nitrogen functional groups attached to an aromatic ring is 1. The van der Waals surface area contributed by atoms with Gasteiger partial charge < -0.3 is 25.3 Å². The van der Waals surface area contributed by atoms with E-state index in [-0.39, 0.29) is 11.6 Å². The molecular weight excluding hydrogens is 390 g/mol. The number of hydrogen-bond acceptors (Lipinski definition) is 8. The maximum atomic E-state index is 12.9. The number of nitrogens with one attached hydrogen (secondary N) is 1. The Morgan fingerprint density at radius 1 is 1.17 bits per heavy atom. The Balaban J connectivity index is 1.41. The van der Waals surface area contributed by atoms with Crippen LogP contribution >= 0.6 is 11.3 Å². The highest BCUT2D eigenvalue weighted by molar-refractivity contribution is 7.18. The number of rotatable bonds is 7. The largest absolute Gasteiger partial charge is 0.497 e. The molecule has 2 heterocycles. The van der Waals surface area contributed by atoms with Gasteiger partial charge in [-0.2, -0.15) is 0 Å². The quantitative estimate of drug-likeness (QED) is 0.575. The van der Waals surface area contributed by atoms with Gasteiger partial charge in [-0.3, -0.25) is 4.79 Å². The molecule has 0 spiro atoms. The van der Waals surface area contributed by atoms with Gasteiger partial charge in [-0.1, -0.05) is 23.5 Å². The Labute approximate surface area is 172 Å². The van der Waals surface area contributed by atoms with Gasteiger partial charge in [0.2, 0.25) is 5.78 Å². The molecule has 0 radical (unpaired) electrons. The molecule has 1 aliphatic rings. The third kappa shape index (κ3) is 4.27. The number of ketones is 1. The molecule has 0 atom stereocenters. The summed E-state index contributed by atoms with van der Waals surface area (Å²) in [4.78, 5) is 17.6. The predicted molar refractivity (Wildman–Crippen MR) is 113 cm³/mol. The van der Waals surface area contributed by atoms with E-state index in [4.69, 9.17) is 19.9 Å². The highest BCUT2D eigenvalue weighted by Crippen LogP contribution is 2.33. The van der Waals surface area contributed by atoms with Crippen molar-refractivity contribution in [2.24, 2.45) is 0 Å². The SMILES string of the molecule is COc1ccc(CCNc2nc(N)c(C(=O)c3ccc4c(c3)OCCO4)s2)cc1. The van der Waals surface area contributed by atoms with Crippen LogP contribution in [-0.4, -0.2) is 37.6 Å². The van der Waals surface area contributed by atoms with Crippen molar-refractivity contribution in [3.8, 4) is 17.2 Å². The summed E-state index contributed by atoms with van der Waals surface area (Å²) in [5.74, 6) is 2.09. The maximum absolute atomic E-state index is 12.9. The van der Waals surface area contributed by atoms with Crippen LogP contribution in [0.5, 0.6) is 17.2 Å². The number of nitrogens with two attached hydrogens (primary N) is 1. The summed E-state index contributed by atoms with van der Waals surface area (Å²) in [5, 5.41) is 3.86. The molecule has 0 aliphatic carbocycles. The molecule has 0 amide bonds. The zero-order valence-corrected chi connectivity index (χ0v) is 16.8. The molecule has 0 fully saturated rings. The molecule has 29 heavy (non-hydrogen) atoms. The molecule has 3 N–H and O–H groups in total. The molecule has 0 unspecified atom stereocenters. The van der Waals surface area contributed by atoms with E-state index in [9.17, 15) is 4.79 Å². The first-order chi connectivity index (χ1) is 14.1. The van der Waals surface area contributed by atoms with Crippen LogP contribution in [-0.2, 0) is 6.42 Å². The topological polar surface area (TPSA) is 95.7 Å². The van der Waals surface area contributed by atoms with Crippen molar-refractivity contribution >= 4 is 28.1 Å². The monoisotopic (exact) mass is 411 g/mol. The molecule has 7 nitrogen and oxygen atoms in total. The summed E-state index contributed by atoms with van der Waals surface area (Å²) in [5.41, 5.74) is 7.67. The van der Waals surface area contributed by atoms with E-state index >= 15 is 0 Å². The molecule has 2 aromatic carbocycles. The van der Waals surface area contributed by atoms with Crippen LogP contribution in [0, 0.1) is 0 Å². The molecule has 1 aliphatic heterocycles. The van der Waals surface area contributed by atoms with Crippen LogP contribution in [0.4, 0.5) is 10.9 Å². The Kier molecular flexibility index (Phi) is 5.53. The Morgan fingerprint density at radius 3 is 2.69 bits per heavy atom. The summed E-state index contributed by atoms with van der Waals surface area (Å²) in [6.07, 6.45) is 0.814. The van der Waals surface area contributed by atoms with Gasteiger partial charge in [0.25, 0.3) is 0 Å². The standard InChI is InChI=1S/C21H21N3O4S/c1-26-15-5-2-13(3-6-15)8-9-23-21-24-20(22)19(29-21)18(25)14-4-7-16-17(12-14)28-11-10-27-16/h2-7,12H,8-11,22H2,1H3,(H,23,24). The Morgan fingerprint density at radius 2 is 1.93 bits per heavy atom. The Hall–Kier alpha value is -3.26. The first-order valence-electron chi connectivity index (χ1n) is 9.21. The number of methoxy groups -OCH3 is 1. The van der Waals surface area contributed by atoms with E-state index in [0.717, 1.165) is 12.2 Å². The van der Waals surface area contributed by atoms with Gasteiger partial charge in [-0.15, -0.1) is 0 Å². The average molecular weight is 411 g/mol. The van der Waals surface area contributed by atoms with Crippen molar-refractivity contribution in [3.63, 3.8) is 0 Å². The molecule has 4 rings (SSSR count). The number of thiazole rings is 1. The second-order valence-corrected chi connectivity index (χ2v) is 7.44. The van der Waals surface area contributed by atoms with Crippen LogP contribution < -0.4 is 25.3 Å². The molecule has 0 bridgehead atoms. The van der Waals surface area contributed by atoms with Crippen LogP contribution in [0.25, 0.3) is 0 Å². The minimum atomic E-state index is -0.180. The third-order valence-electron chi connectivity index (χ3n) is 4.51. The van der Waals surface area contributed by atoms with Crippen LogP contribution in [0.3, 0.4) is 0 Å². The number of carbonyl (C=O) groups is 1. The second kappa shape index (κ2) is 8.40. The van der Waals surface area contributed by atoms with Crippen LogP contribution in [0.15, 0.2) is 42.5 Å². The number of nitrogens with zero attached hydrogens (tertiary/aromatic N) is 1. The number of carbonyl (C=O) groups excluding carboxylic acids is 1. The molecule has 8 heteroatoms. The van der Waals surface area contributed by atoms with E-state index in [1.165, 1.54) is 16.9 Å². The molecule has 150 valence electrons. The van der Waals surface area contributed by atoms with Crippen molar-refractivity contribution in [3.05, 3.63) is 58.5 Å². The number of anilines is 2. The van der Waals surface area contributed by atoms with E-state index in [2.05, 4.69) is 10.3 Å². The zero-order valence-electron chi connectivity index (χ0n) is 15.9. The first-order valence-corrected chi connectivity index (χ1v) is 10.0. The first kappa shape index (κ1) is 19.1. The lowest BCUT2D eigenvalue weighted by Crippen LogP contribution is -2.15. The summed E-state index contributed by atoms with van der Waals surface area (Å²) in [6.45, 7) is 1.65. The van der Waals surface area contributed by atoms with Crippen molar-refractivity contribution in [1.82, 2.24) is 4.98 Å². The number of fused-ring (bicyclic) bond motifs is 1. The van der Waals surface area contributed by atoms with Gasteiger partial charge in [0.05, 0.1) is 7.11 Å². The summed E-state index contributed by atoms with van der Waals surface area (Å²) >= 11 is 1.25. The van der Waals surface area contributed by atoms with Gasteiger partial charge in [-0.25, -0.2) is 4.98 Å². The van der Waals surface area contributed by atoms with E-state index < -0.39 is 0 Å². The van der Waals surface area contributed by atoms with Gasteiger partial charge in [0.1, 0.15) is 29.7 Å². The number of aromatic nitrogens is 1.